The number of fused-ring (bicyclic) bond motifs is 1. The molecular weight excluding hydrogens is 243 g/mol. The van der Waals surface area contributed by atoms with Gasteiger partial charge < -0.3 is 9.72 Å². The maximum atomic E-state index is 13.1. The predicted molar refractivity (Wildman–Crippen MR) is 72.8 cm³/mol. The average Bonchev–Trinajstić information content (AvgIpc) is 2.80. The fourth-order valence-corrected chi connectivity index (χ4v) is 2.14. The number of aryl methyl sites for hydroxylation is 1. The van der Waals surface area contributed by atoms with Crippen LogP contribution in [0.2, 0.25) is 0 Å². The Hall–Kier alpha value is -2.36. The number of benzene rings is 2. The van der Waals surface area contributed by atoms with Gasteiger partial charge in [-0.15, -0.1) is 0 Å². The van der Waals surface area contributed by atoms with Crippen LogP contribution in [0, 0.1) is 12.7 Å². The molecule has 19 heavy (non-hydrogen) atoms. The molecule has 0 spiro atoms. The summed E-state index contributed by atoms with van der Waals surface area (Å²) in [6.07, 6.45) is 0. The van der Waals surface area contributed by atoms with Crippen molar-refractivity contribution in [2.45, 2.75) is 6.92 Å². The van der Waals surface area contributed by atoms with Gasteiger partial charge in [0.05, 0.1) is 18.1 Å². The molecule has 0 radical (unpaired) electrons. The summed E-state index contributed by atoms with van der Waals surface area (Å²) in [5, 5.41) is 0. The second-order valence-electron chi connectivity index (χ2n) is 4.43. The highest BCUT2D eigenvalue weighted by atomic mass is 19.1. The first-order chi connectivity index (χ1) is 9.17. The minimum Gasteiger partial charge on any atom is -0.497 e. The number of rotatable bonds is 2. The number of halogens is 1. The number of ether oxygens (including phenoxy) is 1. The molecule has 0 saturated carbocycles. The smallest absolute Gasteiger partial charge is 0.138 e. The summed E-state index contributed by atoms with van der Waals surface area (Å²) in [4.78, 5) is 7.75. The lowest BCUT2D eigenvalue weighted by atomic mass is 10.1. The van der Waals surface area contributed by atoms with Gasteiger partial charge in [-0.05, 0) is 42.8 Å². The summed E-state index contributed by atoms with van der Waals surface area (Å²) in [5.74, 6) is 1.28. The lowest BCUT2D eigenvalue weighted by Gasteiger charge is -2.01. The standard InChI is InChI=1S/C15H13FN2O/c1-9-7-10(16)3-5-12(9)15-17-13-6-4-11(19-2)8-14(13)18-15/h3-8H,1-2H3,(H,17,18). The van der Waals surface area contributed by atoms with Gasteiger partial charge in [0.2, 0.25) is 0 Å². The van der Waals surface area contributed by atoms with Gasteiger partial charge >= 0.3 is 0 Å². The first-order valence-electron chi connectivity index (χ1n) is 5.97. The molecule has 3 nitrogen and oxygen atoms in total. The van der Waals surface area contributed by atoms with Crippen LogP contribution >= 0.6 is 0 Å². The van der Waals surface area contributed by atoms with E-state index in [0.717, 1.165) is 33.7 Å². The van der Waals surface area contributed by atoms with Crippen LogP contribution in [-0.2, 0) is 0 Å². The number of methoxy groups -OCH3 is 1. The third kappa shape index (κ3) is 2.05. The van der Waals surface area contributed by atoms with Crippen molar-refractivity contribution in [1.82, 2.24) is 9.97 Å². The third-order valence-corrected chi connectivity index (χ3v) is 3.13. The summed E-state index contributed by atoms with van der Waals surface area (Å²) < 4.78 is 18.3. The topological polar surface area (TPSA) is 37.9 Å². The first kappa shape index (κ1) is 11.7. The highest BCUT2D eigenvalue weighted by Gasteiger charge is 2.09. The van der Waals surface area contributed by atoms with Gasteiger partial charge in [-0.2, -0.15) is 0 Å². The molecule has 0 unspecified atom stereocenters. The van der Waals surface area contributed by atoms with Crippen molar-refractivity contribution < 1.29 is 9.13 Å². The molecule has 0 aliphatic heterocycles. The molecule has 1 aromatic heterocycles. The molecule has 0 atom stereocenters. The Morgan fingerprint density at radius 3 is 2.74 bits per heavy atom. The zero-order valence-corrected chi connectivity index (χ0v) is 10.7. The van der Waals surface area contributed by atoms with E-state index in [1.165, 1.54) is 12.1 Å². The molecule has 0 amide bonds. The summed E-state index contributed by atoms with van der Waals surface area (Å²) in [6.45, 7) is 1.87. The van der Waals surface area contributed by atoms with E-state index in [4.69, 9.17) is 4.74 Å². The molecule has 3 rings (SSSR count). The van der Waals surface area contributed by atoms with Crippen LogP contribution in [-0.4, -0.2) is 17.1 Å². The summed E-state index contributed by atoms with van der Waals surface area (Å²) in [5.41, 5.74) is 3.51. The monoisotopic (exact) mass is 256 g/mol. The SMILES string of the molecule is COc1ccc2nc(-c3ccc(F)cc3C)[nH]c2c1. The second-order valence-corrected chi connectivity index (χ2v) is 4.43. The van der Waals surface area contributed by atoms with Gasteiger partial charge in [-0.25, -0.2) is 9.37 Å². The van der Waals surface area contributed by atoms with Crippen molar-refractivity contribution in [2.24, 2.45) is 0 Å². The van der Waals surface area contributed by atoms with Gasteiger partial charge in [0.25, 0.3) is 0 Å². The third-order valence-electron chi connectivity index (χ3n) is 3.13. The Morgan fingerprint density at radius 1 is 1.16 bits per heavy atom. The summed E-state index contributed by atoms with van der Waals surface area (Å²) >= 11 is 0. The lowest BCUT2D eigenvalue weighted by molar-refractivity contribution is 0.415. The van der Waals surface area contributed by atoms with Crippen LogP contribution in [0.3, 0.4) is 0 Å². The normalized spacial score (nSPS) is 10.9. The molecular formula is C15H13FN2O. The Bertz CT molecular complexity index is 749. The lowest BCUT2D eigenvalue weighted by Crippen LogP contribution is -1.86. The van der Waals surface area contributed by atoms with Crippen molar-refractivity contribution in [3.63, 3.8) is 0 Å². The van der Waals surface area contributed by atoms with E-state index in [-0.39, 0.29) is 5.82 Å². The molecule has 1 heterocycles. The Balaban J connectivity index is 2.14. The van der Waals surface area contributed by atoms with Gasteiger partial charge in [-0.1, -0.05) is 0 Å². The van der Waals surface area contributed by atoms with Crippen LogP contribution < -0.4 is 4.74 Å². The predicted octanol–water partition coefficient (Wildman–Crippen LogP) is 3.69. The fraction of sp³-hybridized carbons (Fsp3) is 0.133. The Labute approximate surface area is 110 Å². The summed E-state index contributed by atoms with van der Waals surface area (Å²) in [7, 11) is 1.63. The van der Waals surface area contributed by atoms with E-state index in [2.05, 4.69) is 9.97 Å². The number of nitrogens with one attached hydrogen (secondary N) is 1. The molecule has 0 aliphatic rings. The molecule has 4 heteroatoms. The van der Waals surface area contributed by atoms with Gasteiger partial charge in [0, 0.05) is 11.6 Å². The van der Waals surface area contributed by atoms with E-state index in [0.29, 0.717) is 0 Å². The molecule has 96 valence electrons. The van der Waals surface area contributed by atoms with E-state index < -0.39 is 0 Å². The Kier molecular flexibility index (Phi) is 2.71. The molecule has 0 aliphatic carbocycles. The van der Waals surface area contributed by atoms with Crippen molar-refractivity contribution in [1.29, 1.82) is 0 Å². The average molecular weight is 256 g/mol. The number of aromatic nitrogens is 2. The van der Waals surface area contributed by atoms with Crippen molar-refractivity contribution in [2.75, 3.05) is 7.11 Å². The highest BCUT2D eigenvalue weighted by Crippen LogP contribution is 2.26. The minimum absolute atomic E-state index is 0.237. The second kappa shape index (κ2) is 4.39. The number of aromatic amines is 1. The summed E-state index contributed by atoms with van der Waals surface area (Å²) in [6, 6.07) is 10.3. The maximum Gasteiger partial charge on any atom is 0.138 e. The van der Waals surface area contributed by atoms with Crippen LogP contribution in [0.15, 0.2) is 36.4 Å². The number of H-pyrrole nitrogens is 1. The van der Waals surface area contributed by atoms with Crippen LogP contribution in [0.1, 0.15) is 5.56 Å². The first-order valence-corrected chi connectivity index (χ1v) is 5.97. The number of hydrogen-bond donors (Lipinski definition) is 1. The van der Waals surface area contributed by atoms with Gasteiger partial charge in [-0.3, -0.25) is 0 Å². The molecule has 0 bridgehead atoms. The van der Waals surface area contributed by atoms with E-state index in [9.17, 15) is 4.39 Å². The highest BCUT2D eigenvalue weighted by molar-refractivity contribution is 5.81. The van der Waals surface area contributed by atoms with Crippen molar-refractivity contribution in [3.05, 3.63) is 47.8 Å². The fourth-order valence-electron chi connectivity index (χ4n) is 2.14. The van der Waals surface area contributed by atoms with Crippen LogP contribution in [0.4, 0.5) is 4.39 Å². The van der Waals surface area contributed by atoms with E-state index in [1.54, 1.807) is 13.2 Å². The molecule has 1 N–H and O–H groups in total. The van der Waals surface area contributed by atoms with Crippen molar-refractivity contribution >= 4 is 11.0 Å². The van der Waals surface area contributed by atoms with Crippen molar-refractivity contribution in [3.8, 4) is 17.1 Å². The molecule has 0 fully saturated rings. The number of imidazole rings is 1. The Morgan fingerprint density at radius 2 is 2.00 bits per heavy atom. The molecule has 0 saturated heterocycles. The zero-order chi connectivity index (χ0) is 13.4. The minimum atomic E-state index is -0.237. The van der Waals surface area contributed by atoms with Crippen LogP contribution in [0.25, 0.3) is 22.4 Å². The zero-order valence-electron chi connectivity index (χ0n) is 10.7. The number of nitrogens with zero attached hydrogens (tertiary/aromatic N) is 1. The largest absolute Gasteiger partial charge is 0.497 e. The van der Waals surface area contributed by atoms with Gasteiger partial charge in [0.1, 0.15) is 17.4 Å². The number of hydrogen-bond acceptors (Lipinski definition) is 2. The maximum absolute atomic E-state index is 13.1. The molecule has 3 aromatic rings. The van der Waals surface area contributed by atoms with Gasteiger partial charge in [0.15, 0.2) is 0 Å². The van der Waals surface area contributed by atoms with E-state index >= 15 is 0 Å². The van der Waals surface area contributed by atoms with Crippen LogP contribution in [0.5, 0.6) is 5.75 Å². The molecule has 2 aromatic carbocycles. The quantitative estimate of drug-likeness (QED) is 0.759. The van der Waals surface area contributed by atoms with E-state index in [1.807, 2.05) is 25.1 Å².